The molecule has 0 spiro atoms. The Morgan fingerprint density at radius 3 is 2.40 bits per heavy atom. The Kier molecular flexibility index (Phi) is 3.91. The number of fused-ring (bicyclic) bond motifs is 1. The first-order chi connectivity index (χ1) is 9.40. The number of hydrogen-bond donors (Lipinski definition) is 0. The van der Waals surface area contributed by atoms with Gasteiger partial charge in [-0.05, 0) is 6.42 Å². The summed E-state index contributed by atoms with van der Waals surface area (Å²) >= 11 is -1.77. The van der Waals surface area contributed by atoms with E-state index < -0.39 is 22.3 Å². The molecule has 0 saturated heterocycles. The van der Waals surface area contributed by atoms with Crippen molar-refractivity contribution in [3.8, 4) is 0 Å². The highest BCUT2D eigenvalue weighted by molar-refractivity contribution is 7.80. The van der Waals surface area contributed by atoms with Gasteiger partial charge in [-0.15, -0.1) is 0 Å². The Bertz CT molecular complexity index is 801. The summed E-state index contributed by atoms with van der Waals surface area (Å²) in [4.78, 5) is 28.1. The van der Waals surface area contributed by atoms with Crippen LogP contribution in [0.4, 0.5) is 0 Å². The van der Waals surface area contributed by atoms with E-state index in [1.807, 2.05) is 6.92 Å². The fraction of sp³-hybridized carbons (Fsp3) is 0.545. The number of nitrogens with zero attached hydrogens (tertiary/aromatic N) is 4. The van der Waals surface area contributed by atoms with Gasteiger partial charge in [0.2, 0.25) is 16.2 Å². The normalized spacial score (nSPS) is 13.0. The second-order valence-corrected chi connectivity index (χ2v) is 5.46. The molecule has 0 N–H and O–H groups in total. The van der Waals surface area contributed by atoms with Crippen LogP contribution in [0, 0.1) is 0 Å². The first-order valence-corrected chi connectivity index (χ1v) is 7.15. The van der Waals surface area contributed by atoms with Crippen molar-refractivity contribution in [2.24, 2.45) is 21.1 Å². The Balaban J connectivity index is 2.74. The highest BCUT2D eigenvalue weighted by atomic mass is 32.2. The van der Waals surface area contributed by atoms with E-state index in [0.29, 0.717) is 6.61 Å². The molecule has 0 bridgehead atoms. The summed E-state index contributed by atoms with van der Waals surface area (Å²) in [6, 6.07) is 0. The number of aryl methyl sites for hydroxylation is 2. The van der Waals surface area contributed by atoms with E-state index in [0.717, 1.165) is 11.0 Å². The quantitative estimate of drug-likeness (QED) is 0.754. The minimum Gasteiger partial charge on any atom is -0.312 e. The molecule has 110 valence electrons. The van der Waals surface area contributed by atoms with Gasteiger partial charge in [0.05, 0.1) is 6.61 Å². The molecule has 1 unspecified atom stereocenters. The summed E-state index contributed by atoms with van der Waals surface area (Å²) in [5.74, 6) is 0. The third-order valence-corrected chi connectivity index (χ3v) is 4.02. The molecule has 0 saturated carbocycles. The van der Waals surface area contributed by atoms with Gasteiger partial charge in [-0.2, -0.15) is 4.98 Å². The van der Waals surface area contributed by atoms with Gasteiger partial charge in [0.1, 0.15) is 0 Å². The summed E-state index contributed by atoms with van der Waals surface area (Å²) in [5, 5.41) is 0.117. The highest BCUT2D eigenvalue weighted by Gasteiger charge is 2.20. The fourth-order valence-corrected chi connectivity index (χ4v) is 2.76. The highest BCUT2D eigenvalue weighted by Crippen LogP contribution is 2.13. The van der Waals surface area contributed by atoms with E-state index in [-0.39, 0.29) is 16.3 Å². The summed E-state index contributed by atoms with van der Waals surface area (Å²) in [6.45, 7) is 2.22. The van der Waals surface area contributed by atoms with E-state index >= 15 is 0 Å². The predicted molar refractivity (Wildman–Crippen MR) is 73.8 cm³/mol. The van der Waals surface area contributed by atoms with Crippen LogP contribution in [0.1, 0.15) is 13.3 Å². The average Bonchev–Trinajstić information content (AvgIpc) is 2.78. The van der Waals surface area contributed by atoms with Crippen molar-refractivity contribution in [3.05, 3.63) is 20.8 Å². The number of aromatic nitrogens is 4. The molecule has 0 aliphatic carbocycles. The van der Waals surface area contributed by atoms with Crippen LogP contribution in [0.3, 0.4) is 0 Å². The van der Waals surface area contributed by atoms with Crippen molar-refractivity contribution in [2.75, 3.05) is 6.61 Å². The van der Waals surface area contributed by atoms with E-state index in [9.17, 15) is 13.8 Å². The van der Waals surface area contributed by atoms with Crippen LogP contribution in [-0.2, 0) is 36.4 Å². The molecule has 1 atom stereocenters. The minimum absolute atomic E-state index is 0.117. The Hall–Kier alpha value is -1.74. The van der Waals surface area contributed by atoms with Crippen molar-refractivity contribution in [3.63, 3.8) is 0 Å². The van der Waals surface area contributed by atoms with Gasteiger partial charge in [-0.3, -0.25) is 18.1 Å². The Morgan fingerprint density at radius 1 is 1.15 bits per heavy atom. The van der Waals surface area contributed by atoms with Crippen LogP contribution in [0.15, 0.2) is 14.7 Å². The second kappa shape index (κ2) is 5.33. The van der Waals surface area contributed by atoms with Crippen molar-refractivity contribution < 1.29 is 8.39 Å². The van der Waals surface area contributed by atoms with Crippen LogP contribution in [0.25, 0.3) is 11.2 Å². The van der Waals surface area contributed by atoms with Gasteiger partial charge in [0.15, 0.2) is 11.2 Å². The monoisotopic (exact) mass is 300 g/mol. The minimum atomic E-state index is -1.77. The van der Waals surface area contributed by atoms with Gasteiger partial charge in [0, 0.05) is 21.1 Å². The summed E-state index contributed by atoms with van der Waals surface area (Å²) in [6.07, 6.45) is 0.718. The molecular weight excluding hydrogens is 284 g/mol. The zero-order valence-corrected chi connectivity index (χ0v) is 12.6. The molecule has 0 aliphatic heterocycles. The van der Waals surface area contributed by atoms with E-state index in [1.54, 1.807) is 7.05 Å². The van der Waals surface area contributed by atoms with Crippen molar-refractivity contribution in [2.45, 2.75) is 18.5 Å². The molecule has 0 aromatic carbocycles. The Labute approximate surface area is 117 Å². The first-order valence-electron chi connectivity index (χ1n) is 6.07. The van der Waals surface area contributed by atoms with Crippen LogP contribution < -0.4 is 11.2 Å². The average molecular weight is 300 g/mol. The maximum absolute atomic E-state index is 12.1. The lowest BCUT2D eigenvalue weighted by Gasteiger charge is -2.03. The SMILES string of the molecule is CCCOS(=O)c1nc2c(c(=O)n(C)c(=O)n2C)n1C. The fourth-order valence-electron chi connectivity index (χ4n) is 1.86. The molecule has 2 rings (SSSR count). The molecule has 2 aromatic heterocycles. The largest absolute Gasteiger partial charge is 0.332 e. The molecular formula is C11H16N4O4S. The number of hydrogen-bond acceptors (Lipinski definition) is 5. The maximum atomic E-state index is 12.1. The van der Waals surface area contributed by atoms with E-state index in [1.165, 1.54) is 23.2 Å². The zero-order valence-electron chi connectivity index (χ0n) is 11.7. The lowest BCUT2D eigenvalue weighted by atomic mass is 10.5. The van der Waals surface area contributed by atoms with Gasteiger partial charge in [-0.1, -0.05) is 6.92 Å². The first kappa shape index (κ1) is 14.7. The molecule has 0 aliphatic rings. The molecule has 0 fully saturated rings. The molecule has 9 heteroatoms. The van der Waals surface area contributed by atoms with Crippen molar-refractivity contribution >= 4 is 22.2 Å². The lowest BCUT2D eigenvalue weighted by molar-refractivity contribution is 0.343. The van der Waals surface area contributed by atoms with E-state index in [4.69, 9.17) is 4.18 Å². The molecule has 0 amide bonds. The molecule has 0 radical (unpaired) electrons. The summed E-state index contributed by atoms with van der Waals surface area (Å²) in [7, 11) is 4.47. The summed E-state index contributed by atoms with van der Waals surface area (Å²) < 4.78 is 20.8. The van der Waals surface area contributed by atoms with Gasteiger partial charge in [-0.25, -0.2) is 9.00 Å². The van der Waals surface area contributed by atoms with Gasteiger partial charge in [0.25, 0.3) is 5.56 Å². The van der Waals surface area contributed by atoms with Crippen LogP contribution >= 0.6 is 0 Å². The third-order valence-electron chi connectivity index (χ3n) is 2.98. The molecule has 2 aromatic rings. The Morgan fingerprint density at radius 2 is 1.80 bits per heavy atom. The van der Waals surface area contributed by atoms with Crippen molar-refractivity contribution in [1.82, 2.24) is 18.7 Å². The van der Waals surface area contributed by atoms with Crippen LogP contribution in [0.5, 0.6) is 0 Å². The van der Waals surface area contributed by atoms with Crippen molar-refractivity contribution in [1.29, 1.82) is 0 Å². The molecule has 2 heterocycles. The zero-order chi connectivity index (χ0) is 15.0. The topological polar surface area (TPSA) is 88.1 Å². The molecule has 8 nitrogen and oxygen atoms in total. The maximum Gasteiger partial charge on any atom is 0.332 e. The second-order valence-electron chi connectivity index (χ2n) is 4.39. The third kappa shape index (κ3) is 2.12. The number of imidazole rings is 1. The standard InChI is InChI=1S/C11H16N4O4S/c1-5-6-19-20(18)10-12-8-7(13(10)2)9(16)15(4)11(17)14(8)3/h5-6H2,1-4H3. The van der Waals surface area contributed by atoms with Crippen LogP contribution in [0.2, 0.25) is 0 Å². The molecule has 20 heavy (non-hydrogen) atoms. The number of rotatable bonds is 4. The predicted octanol–water partition coefficient (Wildman–Crippen LogP) is -0.580. The summed E-state index contributed by atoms with van der Waals surface area (Å²) in [5.41, 5.74) is -0.536. The smallest absolute Gasteiger partial charge is 0.312 e. The van der Waals surface area contributed by atoms with Gasteiger partial charge < -0.3 is 4.57 Å². The van der Waals surface area contributed by atoms with E-state index in [2.05, 4.69) is 4.98 Å². The van der Waals surface area contributed by atoms with Gasteiger partial charge >= 0.3 is 5.69 Å². The lowest BCUT2D eigenvalue weighted by Crippen LogP contribution is -2.37. The van der Waals surface area contributed by atoms with Crippen LogP contribution in [-0.4, -0.2) is 29.5 Å².